The number of carbonyl (C=O) groups excluding carboxylic acids is 2. The van der Waals surface area contributed by atoms with Crippen molar-refractivity contribution < 1.29 is 22.8 Å². The average Bonchev–Trinajstić information content (AvgIpc) is 2.76. The molecule has 0 bridgehead atoms. The summed E-state index contributed by atoms with van der Waals surface area (Å²) in [5.74, 6) is -0.974. The molecule has 0 spiro atoms. The van der Waals surface area contributed by atoms with Crippen molar-refractivity contribution in [2.24, 2.45) is 0 Å². The zero-order valence-corrected chi connectivity index (χ0v) is 12.1. The summed E-state index contributed by atoms with van der Waals surface area (Å²) in [6.07, 6.45) is -3.68. The van der Waals surface area contributed by atoms with E-state index < -0.39 is 24.7 Å². The highest BCUT2D eigenvalue weighted by Gasteiger charge is 2.38. The number of hydrogen-bond donors (Lipinski definition) is 1. The van der Waals surface area contributed by atoms with Crippen LogP contribution in [0.15, 0.2) is 24.3 Å². The Kier molecular flexibility index (Phi) is 4.73. The van der Waals surface area contributed by atoms with Crippen LogP contribution in [0.25, 0.3) is 0 Å². The Morgan fingerprint density at radius 1 is 1.32 bits per heavy atom. The molecule has 1 saturated heterocycles. The van der Waals surface area contributed by atoms with E-state index in [2.05, 4.69) is 5.32 Å². The van der Waals surface area contributed by atoms with Gasteiger partial charge in [0.1, 0.15) is 6.54 Å². The van der Waals surface area contributed by atoms with Crippen molar-refractivity contribution in [3.63, 3.8) is 0 Å². The molecule has 2 rings (SSSR count). The number of alkyl halides is 3. The molecule has 0 aliphatic carbocycles. The van der Waals surface area contributed by atoms with E-state index in [1.54, 1.807) is 12.1 Å². The summed E-state index contributed by atoms with van der Waals surface area (Å²) >= 11 is 0. The van der Waals surface area contributed by atoms with E-state index >= 15 is 0 Å². The Morgan fingerprint density at radius 3 is 2.50 bits per heavy atom. The van der Waals surface area contributed by atoms with Gasteiger partial charge >= 0.3 is 6.18 Å². The van der Waals surface area contributed by atoms with Crippen LogP contribution in [0.2, 0.25) is 0 Å². The first-order chi connectivity index (χ1) is 10.3. The first kappa shape index (κ1) is 16.3. The van der Waals surface area contributed by atoms with Crippen molar-refractivity contribution in [1.29, 1.82) is 0 Å². The summed E-state index contributed by atoms with van der Waals surface area (Å²) in [5.41, 5.74) is 1.52. The zero-order chi connectivity index (χ0) is 16.3. The fourth-order valence-corrected chi connectivity index (χ4v) is 2.40. The van der Waals surface area contributed by atoms with Crippen molar-refractivity contribution in [3.8, 4) is 0 Å². The summed E-state index contributed by atoms with van der Waals surface area (Å²) < 4.78 is 37.0. The van der Waals surface area contributed by atoms with E-state index in [0.717, 1.165) is 16.9 Å². The van der Waals surface area contributed by atoms with E-state index in [9.17, 15) is 22.8 Å². The Morgan fingerprint density at radius 2 is 1.95 bits per heavy atom. The third-order valence-electron chi connectivity index (χ3n) is 3.54. The van der Waals surface area contributed by atoms with Crippen LogP contribution in [0.4, 0.5) is 13.2 Å². The molecule has 1 heterocycles. The fraction of sp³-hybridized carbons (Fsp3) is 0.467. The van der Waals surface area contributed by atoms with Crippen LogP contribution in [-0.4, -0.2) is 42.0 Å². The molecule has 2 amide bonds. The topological polar surface area (TPSA) is 49.4 Å². The Hall–Kier alpha value is -2.05. The van der Waals surface area contributed by atoms with Crippen LogP contribution in [0.1, 0.15) is 29.3 Å². The minimum absolute atomic E-state index is 0.102. The summed E-state index contributed by atoms with van der Waals surface area (Å²) in [7, 11) is 0. The number of benzene rings is 1. The number of rotatable bonds is 4. The molecule has 7 heteroatoms. The van der Waals surface area contributed by atoms with Crippen molar-refractivity contribution >= 4 is 11.8 Å². The normalized spacial score (nSPS) is 18.6. The molecule has 120 valence electrons. The third-order valence-corrected chi connectivity index (χ3v) is 3.54. The molecule has 1 atom stereocenters. The molecule has 1 aliphatic heterocycles. The summed E-state index contributed by atoms with van der Waals surface area (Å²) in [6.45, 7) is 0.606. The highest BCUT2D eigenvalue weighted by atomic mass is 19.4. The van der Waals surface area contributed by atoms with Gasteiger partial charge in [0.05, 0.1) is 6.04 Å². The van der Waals surface area contributed by atoms with Gasteiger partial charge in [0.25, 0.3) is 5.91 Å². The van der Waals surface area contributed by atoms with Gasteiger partial charge in [-0.15, -0.1) is 0 Å². The van der Waals surface area contributed by atoms with Crippen LogP contribution in [0.3, 0.4) is 0 Å². The standard InChI is InChI=1S/C15H17F3N2O2/c1-2-10-3-5-11(6-4-10)14(22)19-12-7-13(21)20(8-12)9-15(16,17)18/h3-6,12H,2,7-9H2,1H3,(H,19,22). The maximum absolute atomic E-state index is 12.3. The summed E-state index contributed by atoms with van der Waals surface area (Å²) in [6, 6.07) is 6.39. The van der Waals surface area contributed by atoms with Crippen LogP contribution in [0, 0.1) is 0 Å². The molecule has 0 radical (unpaired) electrons. The van der Waals surface area contributed by atoms with Gasteiger partial charge in [-0.1, -0.05) is 19.1 Å². The van der Waals surface area contributed by atoms with Crippen LogP contribution in [-0.2, 0) is 11.2 Å². The molecular weight excluding hydrogens is 297 g/mol. The van der Waals surface area contributed by atoms with Crippen LogP contribution >= 0.6 is 0 Å². The lowest BCUT2D eigenvalue weighted by Gasteiger charge is -2.18. The second-order valence-electron chi connectivity index (χ2n) is 5.31. The SMILES string of the molecule is CCc1ccc(C(=O)NC2CC(=O)N(CC(F)(F)F)C2)cc1. The molecule has 1 aromatic carbocycles. The second kappa shape index (κ2) is 6.37. The second-order valence-corrected chi connectivity index (χ2v) is 5.31. The van der Waals surface area contributed by atoms with Gasteiger partial charge in [0.15, 0.2) is 0 Å². The number of amides is 2. The third kappa shape index (κ3) is 4.22. The summed E-state index contributed by atoms with van der Waals surface area (Å²) in [5, 5.41) is 2.61. The Bertz CT molecular complexity index is 555. The number of likely N-dealkylation sites (tertiary alicyclic amines) is 1. The van der Waals surface area contributed by atoms with Gasteiger partial charge in [0, 0.05) is 18.5 Å². The number of nitrogens with zero attached hydrogens (tertiary/aromatic N) is 1. The molecular formula is C15H17F3N2O2. The number of halogens is 3. The molecule has 1 aliphatic rings. The number of nitrogens with one attached hydrogen (secondary N) is 1. The predicted molar refractivity (Wildman–Crippen MR) is 74.3 cm³/mol. The van der Waals surface area contributed by atoms with E-state index in [4.69, 9.17) is 0 Å². The highest BCUT2D eigenvalue weighted by Crippen LogP contribution is 2.21. The molecule has 1 aromatic rings. The minimum Gasteiger partial charge on any atom is -0.347 e. The lowest BCUT2D eigenvalue weighted by Crippen LogP contribution is -2.39. The smallest absolute Gasteiger partial charge is 0.347 e. The molecule has 1 unspecified atom stereocenters. The van der Waals surface area contributed by atoms with Gasteiger partial charge in [0.2, 0.25) is 5.91 Å². The minimum atomic E-state index is -4.43. The quantitative estimate of drug-likeness (QED) is 0.926. The Balaban J connectivity index is 1.93. The lowest BCUT2D eigenvalue weighted by atomic mass is 10.1. The van der Waals surface area contributed by atoms with Gasteiger partial charge in [-0.2, -0.15) is 13.2 Å². The number of carbonyl (C=O) groups is 2. The maximum atomic E-state index is 12.3. The molecule has 22 heavy (non-hydrogen) atoms. The van der Waals surface area contributed by atoms with Crippen molar-refractivity contribution in [2.75, 3.05) is 13.1 Å². The largest absolute Gasteiger partial charge is 0.406 e. The van der Waals surface area contributed by atoms with Gasteiger partial charge in [-0.25, -0.2) is 0 Å². The van der Waals surface area contributed by atoms with Crippen molar-refractivity contribution in [2.45, 2.75) is 32.0 Å². The molecule has 1 fully saturated rings. The van der Waals surface area contributed by atoms with Crippen LogP contribution < -0.4 is 5.32 Å². The first-order valence-electron chi connectivity index (χ1n) is 7.03. The predicted octanol–water partition coefficient (Wildman–Crippen LogP) is 2.14. The first-order valence-corrected chi connectivity index (χ1v) is 7.03. The molecule has 4 nitrogen and oxygen atoms in total. The number of aryl methyl sites for hydroxylation is 1. The van der Waals surface area contributed by atoms with Gasteiger partial charge in [-0.3, -0.25) is 9.59 Å². The number of hydrogen-bond acceptors (Lipinski definition) is 2. The molecule has 0 saturated carbocycles. The van der Waals surface area contributed by atoms with Gasteiger partial charge in [-0.05, 0) is 24.1 Å². The molecule has 1 N–H and O–H groups in total. The fourth-order valence-electron chi connectivity index (χ4n) is 2.40. The molecule has 0 aromatic heterocycles. The average molecular weight is 314 g/mol. The van der Waals surface area contributed by atoms with Gasteiger partial charge < -0.3 is 10.2 Å². The summed E-state index contributed by atoms with van der Waals surface area (Å²) in [4.78, 5) is 24.3. The van der Waals surface area contributed by atoms with Crippen LogP contribution in [0.5, 0.6) is 0 Å². The lowest BCUT2D eigenvalue weighted by molar-refractivity contribution is -0.157. The van der Waals surface area contributed by atoms with E-state index in [1.165, 1.54) is 0 Å². The Labute approximate surface area is 126 Å². The van der Waals surface area contributed by atoms with Crippen molar-refractivity contribution in [1.82, 2.24) is 10.2 Å². The monoisotopic (exact) mass is 314 g/mol. The van der Waals surface area contributed by atoms with E-state index in [0.29, 0.717) is 5.56 Å². The van der Waals surface area contributed by atoms with E-state index in [1.807, 2.05) is 19.1 Å². The zero-order valence-electron chi connectivity index (χ0n) is 12.1. The maximum Gasteiger partial charge on any atom is 0.406 e. The van der Waals surface area contributed by atoms with Crippen molar-refractivity contribution in [3.05, 3.63) is 35.4 Å². The highest BCUT2D eigenvalue weighted by molar-refractivity contribution is 5.95. The van der Waals surface area contributed by atoms with E-state index in [-0.39, 0.29) is 18.9 Å².